The number of aryl methyl sites for hydroxylation is 2. The molecular formula is C14H19N3O. The van der Waals surface area contributed by atoms with Crippen molar-refractivity contribution in [2.24, 2.45) is 5.92 Å². The Morgan fingerprint density at radius 1 is 1.50 bits per heavy atom. The molecule has 0 aliphatic heterocycles. The molecule has 1 aliphatic rings. The van der Waals surface area contributed by atoms with Gasteiger partial charge in [-0.2, -0.15) is 5.26 Å². The van der Waals surface area contributed by atoms with Crippen molar-refractivity contribution >= 4 is 5.69 Å². The Morgan fingerprint density at radius 2 is 2.28 bits per heavy atom. The first-order valence-electron chi connectivity index (χ1n) is 6.42. The third-order valence-electron chi connectivity index (χ3n) is 3.61. The summed E-state index contributed by atoms with van der Waals surface area (Å²) >= 11 is 0. The number of nitrogens with one attached hydrogen (secondary N) is 1. The largest absolute Gasteiger partial charge is 0.393 e. The van der Waals surface area contributed by atoms with Crippen LogP contribution in [0, 0.1) is 31.1 Å². The van der Waals surface area contributed by atoms with Gasteiger partial charge in [-0.3, -0.25) is 4.98 Å². The molecule has 2 rings (SSSR count). The standard InChI is InChI=1S/C14H19N3O/c1-9-6-13(12(7-15)10(2)17-9)16-8-11-4-3-5-14(11)18/h6,11,14,18H,3-5,8H2,1-2H3,(H,16,17). The molecule has 0 spiro atoms. The SMILES string of the molecule is Cc1cc(NCC2CCCC2O)c(C#N)c(C)n1. The zero-order valence-corrected chi connectivity index (χ0v) is 10.9. The summed E-state index contributed by atoms with van der Waals surface area (Å²) in [6.45, 7) is 4.49. The molecule has 2 unspecified atom stereocenters. The van der Waals surface area contributed by atoms with E-state index in [1.165, 1.54) is 0 Å². The van der Waals surface area contributed by atoms with Crippen molar-refractivity contribution in [2.45, 2.75) is 39.2 Å². The molecule has 96 valence electrons. The molecule has 0 amide bonds. The number of anilines is 1. The molecule has 0 radical (unpaired) electrons. The summed E-state index contributed by atoms with van der Waals surface area (Å²) in [5.74, 6) is 0.297. The van der Waals surface area contributed by atoms with Crippen LogP contribution in [0.15, 0.2) is 6.07 Å². The van der Waals surface area contributed by atoms with Gasteiger partial charge in [0.05, 0.1) is 23.0 Å². The summed E-state index contributed by atoms with van der Waals surface area (Å²) in [5, 5.41) is 22.2. The number of aromatic nitrogens is 1. The average Bonchev–Trinajstić information content (AvgIpc) is 2.71. The van der Waals surface area contributed by atoms with E-state index in [2.05, 4.69) is 16.4 Å². The van der Waals surface area contributed by atoms with Crippen molar-refractivity contribution in [1.82, 2.24) is 4.98 Å². The molecule has 1 fully saturated rings. The lowest BCUT2D eigenvalue weighted by molar-refractivity contribution is 0.138. The number of aliphatic hydroxyl groups is 1. The Hall–Kier alpha value is -1.60. The molecule has 2 atom stereocenters. The minimum Gasteiger partial charge on any atom is -0.393 e. The Kier molecular flexibility index (Phi) is 3.83. The van der Waals surface area contributed by atoms with Crippen LogP contribution < -0.4 is 5.32 Å². The normalized spacial score (nSPS) is 22.8. The van der Waals surface area contributed by atoms with Crippen LogP contribution in [0.2, 0.25) is 0 Å². The van der Waals surface area contributed by atoms with Gasteiger partial charge in [-0.1, -0.05) is 6.42 Å². The second kappa shape index (κ2) is 5.36. The van der Waals surface area contributed by atoms with Crippen molar-refractivity contribution < 1.29 is 5.11 Å². The molecule has 2 N–H and O–H groups in total. The number of hydrogen-bond acceptors (Lipinski definition) is 4. The van der Waals surface area contributed by atoms with Crippen molar-refractivity contribution in [3.05, 3.63) is 23.0 Å². The zero-order chi connectivity index (χ0) is 13.1. The number of aliphatic hydroxyl groups excluding tert-OH is 1. The number of hydrogen-bond donors (Lipinski definition) is 2. The van der Waals surface area contributed by atoms with E-state index in [1.54, 1.807) is 0 Å². The molecule has 0 aromatic carbocycles. The van der Waals surface area contributed by atoms with Crippen LogP contribution in [0.25, 0.3) is 0 Å². The van der Waals surface area contributed by atoms with E-state index in [0.717, 1.165) is 42.9 Å². The fourth-order valence-electron chi connectivity index (χ4n) is 2.61. The third kappa shape index (κ3) is 2.62. The maximum absolute atomic E-state index is 9.79. The third-order valence-corrected chi connectivity index (χ3v) is 3.61. The van der Waals surface area contributed by atoms with Crippen LogP contribution in [-0.4, -0.2) is 22.7 Å². The van der Waals surface area contributed by atoms with Gasteiger partial charge in [0, 0.05) is 18.2 Å². The predicted octanol–water partition coefficient (Wildman–Crippen LogP) is 2.14. The summed E-state index contributed by atoms with van der Waals surface area (Å²) in [7, 11) is 0. The fraction of sp³-hybridized carbons (Fsp3) is 0.571. The van der Waals surface area contributed by atoms with E-state index in [1.807, 2.05) is 19.9 Å². The van der Waals surface area contributed by atoms with E-state index in [0.29, 0.717) is 11.5 Å². The zero-order valence-electron chi connectivity index (χ0n) is 10.9. The minimum absolute atomic E-state index is 0.202. The molecule has 4 nitrogen and oxygen atoms in total. The molecule has 1 saturated carbocycles. The van der Waals surface area contributed by atoms with Crippen molar-refractivity contribution in [1.29, 1.82) is 5.26 Å². The minimum atomic E-state index is -0.202. The maximum atomic E-state index is 9.79. The van der Waals surface area contributed by atoms with Crippen LogP contribution in [0.1, 0.15) is 36.2 Å². The van der Waals surface area contributed by atoms with Crippen molar-refractivity contribution in [3.8, 4) is 6.07 Å². The van der Waals surface area contributed by atoms with E-state index < -0.39 is 0 Å². The second-order valence-corrected chi connectivity index (χ2v) is 5.02. The average molecular weight is 245 g/mol. The van der Waals surface area contributed by atoms with Gasteiger partial charge in [0.25, 0.3) is 0 Å². The summed E-state index contributed by atoms with van der Waals surface area (Å²) in [6.07, 6.45) is 2.84. The topological polar surface area (TPSA) is 68.9 Å². The van der Waals surface area contributed by atoms with Crippen molar-refractivity contribution in [2.75, 3.05) is 11.9 Å². The molecule has 1 aromatic heterocycles. The lowest BCUT2D eigenvalue weighted by atomic mass is 10.1. The lowest BCUT2D eigenvalue weighted by Gasteiger charge is -2.17. The van der Waals surface area contributed by atoms with Crippen LogP contribution in [-0.2, 0) is 0 Å². The number of nitriles is 1. The first-order chi connectivity index (χ1) is 8.61. The predicted molar refractivity (Wildman–Crippen MR) is 70.3 cm³/mol. The van der Waals surface area contributed by atoms with Gasteiger partial charge in [-0.05, 0) is 32.8 Å². The molecule has 1 heterocycles. The monoisotopic (exact) mass is 245 g/mol. The molecule has 0 saturated heterocycles. The van der Waals surface area contributed by atoms with E-state index >= 15 is 0 Å². The first-order valence-corrected chi connectivity index (χ1v) is 6.42. The highest BCUT2D eigenvalue weighted by Crippen LogP contribution is 2.27. The number of nitrogens with zero attached hydrogens (tertiary/aromatic N) is 2. The fourth-order valence-corrected chi connectivity index (χ4v) is 2.61. The highest BCUT2D eigenvalue weighted by molar-refractivity contribution is 5.59. The van der Waals surface area contributed by atoms with Crippen LogP contribution >= 0.6 is 0 Å². The Balaban J connectivity index is 2.11. The van der Waals surface area contributed by atoms with Gasteiger partial charge in [-0.15, -0.1) is 0 Å². The first kappa shape index (κ1) is 12.8. The van der Waals surface area contributed by atoms with E-state index in [4.69, 9.17) is 5.26 Å². The van der Waals surface area contributed by atoms with Gasteiger partial charge in [0.2, 0.25) is 0 Å². The van der Waals surface area contributed by atoms with Gasteiger partial charge in [0.15, 0.2) is 0 Å². The lowest BCUT2D eigenvalue weighted by Crippen LogP contribution is -2.22. The van der Waals surface area contributed by atoms with Gasteiger partial charge in [0.1, 0.15) is 6.07 Å². The van der Waals surface area contributed by atoms with E-state index in [9.17, 15) is 5.11 Å². The molecule has 4 heteroatoms. The highest BCUT2D eigenvalue weighted by atomic mass is 16.3. The number of rotatable bonds is 3. The van der Waals surface area contributed by atoms with Crippen molar-refractivity contribution in [3.63, 3.8) is 0 Å². The van der Waals surface area contributed by atoms with Gasteiger partial charge < -0.3 is 10.4 Å². The molecule has 1 aliphatic carbocycles. The molecule has 0 bridgehead atoms. The molecular weight excluding hydrogens is 226 g/mol. The van der Waals surface area contributed by atoms with Gasteiger partial charge >= 0.3 is 0 Å². The van der Waals surface area contributed by atoms with E-state index in [-0.39, 0.29) is 6.10 Å². The van der Waals surface area contributed by atoms with Gasteiger partial charge in [-0.25, -0.2) is 0 Å². The summed E-state index contributed by atoms with van der Waals surface area (Å²) in [6, 6.07) is 4.09. The molecule has 18 heavy (non-hydrogen) atoms. The summed E-state index contributed by atoms with van der Waals surface area (Å²) < 4.78 is 0. The smallest absolute Gasteiger partial charge is 0.103 e. The second-order valence-electron chi connectivity index (χ2n) is 5.02. The molecule has 1 aromatic rings. The summed E-state index contributed by atoms with van der Waals surface area (Å²) in [4.78, 5) is 4.29. The maximum Gasteiger partial charge on any atom is 0.103 e. The highest BCUT2D eigenvalue weighted by Gasteiger charge is 2.25. The van der Waals surface area contributed by atoms with Crippen LogP contribution in [0.5, 0.6) is 0 Å². The van der Waals surface area contributed by atoms with Crippen LogP contribution in [0.4, 0.5) is 5.69 Å². The Labute approximate surface area is 108 Å². The van der Waals surface area contributed by atoms with Crippen LogP contribution in [0.3, 0.4) is 0 Å². The quantitative estimate of drug-likeness (QED) is 0.856. The number of pyridine rings is 1. The summed E-state index contributed by atoms with van der Waals surface area (Å²) in [5.41, 5.74) is 3.10. The Morgan fingerprint density at radius 3 is 2.89 bits per heavy atom. The Bertz CT molecular complexity index is 479.